The first-order chi connectivity index (χ1) is 17.4. The lowest BCUT2D eigenvalue weighted by atomic mass is 9.79. The minimum absolute atomic E-state index is 0.0284. The summed E-state index contributed by atoms with van der Waals surface area (Å²) in [4.78, 5) is 27.8. The predicted molar refractivity (Wildman–Crippen MR) is 145 cm³/mol. The van der Waals surface area contributed by atoms with E-state index in [1.54, 1.807) is 12.4 Å². The summed E-state index contributed by atoms with van der Waals surface area (Å²) < 4.78 is 1.93. The van der Waals surface area contributed by atoms with Gasteiger partial charge in [0.1, 0.15) is 0 Å². The van der Waals surface area contributed by atoms with E-state index in [2.05, 4.69) is 38.9 Å². The largest absolute Gasteiger partial charge is 0.350 e. The first kappa shape index (κ1) is 25.2. The number of aromatic nitrogens is 3. The highest BCUT2D eigenvalue weighted by molar-refractivity contribution is 6.37. The molecular weight excluding hydrogens is 472 g/mol. The molecule has 1 saturated heterocycles. The third-order valence-electron chi connectivity index (χ3n) is 8.18. The number of hydrogen-bond donors (Lipinski definition) is 1. The smallest absolute Gasteiger partial charge is 0.253 e. The van der Waals surface area contributed by atoms with Gasteiger partial charge in [-0.05, 0) is 45.7 Å². The number of carbonyl (C=O) groups is 1. The molecule has 36 heavy (non-hydrogen) atoms. The van der Waals surface area contributed by atoms with Crippen molar-refractivity contribution in [3.8, 4) is 5.82 Å². The van der Waals surface area contributed by atoms with E-state index in [0.29, 0.717) is 29.0 Å². The number of carbonyl (C=O) groups excluding carboxylic acids is 1. The van der Waals surface area contributed by atoms with E-state index >= 15 is 0 Å². The summed E-state index contributed by atoms with van der Waals surface area (Å²) in [7, 11) is 0. The summed E-state index contributed by atoms with van der Waals surface area (Å²) in [5.74, 6) is 0.620. The summed E-state index contributed by atoms with van der Waals surface area (Å²) in [5.41, 5.74) is 2.26. The van der Waals surface area contributed by atoms with Gasteiger partial charge in [-0.15, -0.1) is 0 Å². The maximum Gasteiger partial charge on any atom is 0.253 e. The molecule has 3 aromatic rings. The molecule has 5 rings (SSSR count). The van der Waals surface area contributed by atoms with Crippen LogP contribution in [-0.4, -0.2) is 74.5 Å². The third-order valence-corrected chi connectivity index (χ3v) is 8.50. The van der Waals surface area contributed by atoms with Crippen molar-refractivity contribution in [2.24, 2.45) is 0 Å². The van der Waals surface area contributed by atoms with Crippen LogP contribution in [0.3, 0.4) is 0 Å². The van der Waals surface area contributed by atoms with Gasteiger partial charge < -0.3 is 5.32 Å². The monoisotopic (exact) mass is 508 g/mol. The lowest BCUT2D eigenvalue weighted by molar-refractivity contribution is 0.000839. The second kappa shape index (κ2) is 10.5. The zero-order valence-electron chi connectivity index (χ0n) is 21.6. The number of hydrogen-bond acceptors (Lipinski definition) is 5. The lowest BCUT2D eigenvalue weighted by Gasteiger charge is -2.50. The number of benzene rings is 1. The Morgan fingerprint density at radius 1 is 1.08 bits per heavy atom. The molecule has 0 spiro atoms. The molecule has 1 amide bonds. The summed E-state index contributed by atoms with van der Waals surface area (Å²) in [6.07, 6.45) is 11.2. The minimum atomic E-state index is -0.0841. The standard InChI is InChI=1S/C28H37ClN6O/c1-20(2)33-14-16-34(17-15-33)28(10-5-4-6-11-28)19-32-27(36)22-18-35(26-21(3)30-12-13-31-26)24-9-7-8-23(29)25(22)24/h7-9,12-13,18,20H,4-6,10-11,14-17,19H2,1-3H3,(H,32,36). The molecule has 0 radical (unpaired) electrons. The van der Waals surface area contributed by atoms with E-state index in [1.807, 2.05) is 35.9 Å². The molecule has 1 saturated carbocycles. The van der Waals surface area contributed by atoms with Crippen LogP contribution in [-0.2, 0) is 0 Å². The highest BCUT2D eigenvalue weighted by Gasteiger charge is 2.40. The van der Waals surface area contributed by atoms with Crippen molar-refractivity contribution in [1.82, 2.24) is 29.7 Å². The average Bonchev–Trinajstić information content (AvgIpc) is 3.29. The Morgan fingerprint density at radius 2 is 1.81 bits per heavy atom. The van der Waals surface area contributed by atoms with Gasteiger partial charge in [-0.2, -0.15) is 0 Å². The molecule has 1 aliphatic carbocycles. The SMILES string of the molecule is Cc1nccnc1-n1cc(C(=O)NCC2(N3CCN(C(C)C)CC3)CCCCC2)c2c(Cl)cccc21. The van der Waals surface area contributed by atoms with Crippen molar-refractivity contribution in [3.63, 3.8) is 0 Å². The summed E-state index contributed by atoms with van der Waals surface area (Å²) in [6, 6.07) is 6.30. The number of rotatable bonds is 6. The van der Waals surface area contributed by atoms with E-state index in [0.717, 1.165) is 55.6 Å². The number of piperazine rings is 1. The molecule has 1 aromatic carbocycles. The van der Waals surface area contributed by atoms with Crippen molar-refractivity contribution in [2.75, 3.05) is 32.7 Å². The zero-order chi connectivity index (χ0) is 25.3. The number of fused-ring (bicyclic) bond motifs is 1. The van der Waals surface area contributed by atoms with Crippen LogP contribution in [0.15, 0.2) is 36.8 Å². The van der Waals surface area contributed by atoms with Crippen LogP contribution in [0, 0.1) is 6.92 Å². The van der Waals surface area contributed by atoms with E-state index in [1.165, 1.54) is 19.3 Å². The van der Waals surface area contributed by atoms with Crippen molar-refractivity contribution in [1.29, 1.82) is 0 Å². The van der Waals surface area contributed by atoms with Gasteiger partial charge in [0.05, 0.1) is 21.8 Å². The number of nitrogens with zero attached hydrogens (tertiary/aromatic N) is 5. The van der Waals surface area contributed by atoms with Crippen LogP contribution in [0.1, 0.15) is 62.0 Å². The number of amides is 1. The predicted octanol–water partition coefficient (Wildman–Crippen LogP) is 4.84. The fraction of sp³-hybridized carbons (Fsp3) is 0.536. The number of nitrogens with one attached hydrogen (secondary N) is 1. The van der Waals surface area contributed by atoms with Crippen molar-refractivity contribution >= 4 is 28.4 Å². The normalized spacial score (nSPS) is 19.1. The Bertz CT molecular complexity index is 1220. The molecule has 2 aromatic heterocycles. The molecule has 2 fully saturated rings. The maximum absolute atomic E-state index is 13.7. The first-order valence-electron chi connectivity index (χ1n) is 13.2. The molecule has 3 heterocycles. The van der Waals surface area contributed by atoms with Crippen LogP contribution in [0.25, 0.3) is 16.7 Å². The maximum atomic E-state index is 13.7. The summed E-state index contributed by atoms with van der Waals surface area (Å²) >= 11 is 6.64. The Labute approximate surface area is 218 Å². The zero-order valence-corrected chi connectivity index (χ0v) is 22.4. The summed E-state index contributed by atoms with van der Waals surface area (Å²) in [6.45, 7) is 11.4. The highest BCUT2D eigenvalue weighted by Crippen LogP contribution is 2.35. The fourth-order valence-electron chi connectivity index (χ4n) is 6.09. The molecule has 2 aliphatic rings. The van der Waals surface area contributed by atoms with Crippen molar-refractivity contribution in [3.05, 3.63) is 53.1 Å². The summed E-state index contributed by atoms with van der Waals surface area (Å²) in [5, 5.41) is 4.66. The molecule has 1 N–H and O–H groups in total. The molecule has 192 valence electrons. The molecule has 0 atom stereocenters. The van der Waals surface area contributed by atoms with Gasteiger partial charge in [-0.25, -0.2) is 4.98 Å². The van der Waals surface area contributed by atoms with E-state index in [4.69, 9.17) is 11.6 Å². The van der Waals surface area contributed by atoms with Gasteiger partial charge in [-0.1, -0.05) is 36.9 Å². The van der Waals surface area contributed by atoms with E-state index < -0.39 is 0 Å². The average molecular weight is 509 g/mol. The van der Waals surface area contributed by atoms with Gasteiger partial charge in [-0.3, -0.25) is 24.1 Å². The van der Waals surface area contributed by atoms with Gasteiger partial charge in [0.15, 0.2) is 5.82 Å². The Balaban J connectivity index is 1.41. The molecule has 0 bridgehead atoms. The molecule has 0 unspecified atom stereocenters. The van der Waals surface area contributed by atoms with Gasteiger partial charge >= 0.3 is 0 Å². The van der Waals surface area contributed by atoms with Crippen LogP contribution >= 0.6 is 11.6 Å². The number of halogens is 1. The first-order valence-corrected chi connectivity index (χ1v) is 13.6. The Kier molecular flexibility index (Phi) is 7.33. The van der Waals surface area contributed by atoms with E-state index in [9.17, 15) is 4.79 Å². The minimum Gasteiger partial charge on any atom is -0.350 e. The van der Waals surface area contributed by atoms with Gasteiger partial charge in [0.2, 0.25) is 0 Å². The fourth-order valence-corrected chi connectivity index (χ4v) is 6.37. The quantitative estimate of drug-likeness (QED) is 0.516. The lowest BCUT2D eigenvalue weighted by Crippen LogP contribution is -2.62. The van der Waals surface area contributed by atoms with Crippen molar-refractivity contribution in [2.45, 2.75) is 64.5 Å². The highest BCUT2D eigenvalue weighted by atomic mass is 35.5. The number of aryl methyl sites for hydroxylation is 1. The molecular formula is C28H37ClN6O. The second-order valence-corrected chi connectivity index (χ2v) is 11.0. The molecule has 8 heteroatoms. The van der Waals surface area contributed by atoms with Gasteiger partial charge in [0, 0.05) is 68.3 Å². The van der Waals surface area contributed by atoms with Crippen LogP contribution in [0.4, 0.5) is 0 Å². The topological polar surface area (TPSA) is 66.3 Å². The van der Waals surface area contributed by atoms with Crippen LogP contribution < -0.4 is 5.32 Å². The Morgan fingerprint density at radius 3 is 2.50 bits per heavy atom. The van der Waals surface area contributed by atoms with Crippen molar-refractivity contribution < 1.29 is 4.79 Å². The van der Waals surface area contributed by atoms with Gasteiger partial charge in [0.25, 0.3) is 5.91 Å². The van der Waals surface area contributed by atoms with Crippen LogP contribution in [0.2, 0.25) is 5.02 Å². The molecule has 7 nitrogen and oxygen atoms in total. The van der Waals surface area contributed by atoms with E-state index in [-0.39, 0.29) is 11.4 Å². The second-order valence-electron chi connectivity index (χ2n) is 10.6. The van der Waals surface area contributed by atoms with Crippen LogP contribution in [0.5, 0.6) is 0 Å². The third kappa shape index (κ3) is 4.76. The Hall–Kier alpha value is -2.48. The molecule has 1 aliphatic heterocycles.